The van der Waals surface area contributed by atoms with E-state index in [1.54, 1.807) is 29.9 Å². The third-order valence-electron chi connectivity index (χ3n) is 4.45. The first kappa shape index (κ1) is 20.4. The predicted octanol–water partition coefficient (Wildman–Crippen LogP) is 1.12. The molecule has 2 aromatic rings. The monoisotopic (exact) mass is 422 g/mol. The van der Waals surface area contributed by atoms with Gasteiger partial charge in [0, 0.05) is 38.4 Å². The smallest absolute Gasteiger partial charge is 0.253 e. The second-order valence-corrected chi connectivity index (χ2v) is 9.44. The summed E-state index contributed by atoms with van der Waals surface area (Å²) in [5, 5.41) is 7.16. The largest absolute Gasteiger partial charge is 0.354 e. The summed E-state index contributed by atoms with van der Waals surface area (Å²) in [5.41, 5.74) is 0.938. The van der Waals surface area contributed by atoms with Gasteiger partial charge in [-0.2, -0.15) is 4.31 Å². The zero-order chi connectivity index (χ0) is 20.0. The maximum Gasteiger partial charge on any atom is 0.253 e. The Morgan fingerprint density at radius 1 is 1.21 bits per heavy atom. The summed E-state index contributed by atoms with van der Waals surface area (Å²) in [5.74, 6) is -0.550. The highest BCUT2D eigenvalue weighted by molar-refractivity contribution is 7.91. The van der Waals surface area contributed by atoms with Gasteiger partial charge in [0.1, 0.15) is 10.3 Å². The van der Waals surface area contributed by atoms with Gasteiger partial charge in [-0.1, -0.05) is 6.07 Å². The van der Waals surface area contributed by atoms with Crippen LogP contribution in [0.3, 0.4) is 0 Å². The molecule has 2 aromatic heterocycles. The van der Waals surface area contributed by atoms with E-state index < -0.39 is 16.1 Å². The minimum absolute atomic E-state index is 0.126. The van der Waals surface area contributed by atoms with Crippen LogP contribution in [0.25, 0.3) is 0 Å². The molecule has 0 spiro atoms. The molecule has 0 radical (unpaired) electrons. The second-order valence-electron chi connectivity index (χ2n) is 6.38. The Morgan fingerprint density at radius 2 is 2.00 bits per heavy atom. The van der Waals surface area contributed by atoms with Crippen molar-refractivity contribution in [2.45, 2.75) is 36.1 Å². The van der Waals surface area contributed by atoms with Crippen molar-refractivity contribution in [1.29, 1.82) is 0 Å². The van der Waals surface area contributed by atoms with Gasteiger partial charge in [0.2, 0.25) is 11.8 Å². The third-order valence-corrected chi connectivity index (χ3v) is 7.74. The first-order valence-electron chi connectivity index (χ1n) is 8.97. The van der Waals surface area contributed by atoms with Crippen molar-refractivity contribution in [3.63, 3.8) is 0 Å². The summed E-state index contributed by atoms with van der Waals surface area (Å²) >= 11 is 1.14. The van der Waals surface area contributed by atoms with Gasteiger partial charge in [-0.3, -0.25) is 14.6 Å². The SMILES string of the molecule is O=C(CCNC(=O)C1CCCN1S(=O)(=O)c1cccs1)NCc1ccncc1. The van der Waals surface area contributed by atoms with Gasteiger partial charge in [0.05, 0.1) is 0 Å². The molecular weight excluding hydrogens is 400 g/mol. The number of pyridine rings is 1. The van der Waals surface area contributed by atoms with E-state index in [1.807, 2.05) is 12.1 Å². The number of carbonyl (C=O) groups excluding carboxylic acids is 2. The molecule has 1 saturated heterocycles. The first-order valence-corrected chi connectivity index (χ1v) is 11.3. The summed E-state index contributed by atoms with van der Waals surface area (Å²) in [6.07, 6.45) is 4.54. The lowest BCUT2D eigenvalue weighted by Gasteiger charge is -2.22. The number of thiophene rings is 1. The van der Waals surface area contributed by atoms with Crippen LogP contribution in [0.5, 0.6) is 0 Å². The highest BCUT2D eigenvalue weighted by atomic mass is 32.2. The lowest BCUT2D eigenvalue weighted by molar-refractivity contribution is -0.124. The number of amides is 2. The minimum Gasteiger partial charge on any atom is -0.354 e. The number of rotatable bonds is 8. The van der Waals surface area contributed by atoms with Gasteiger partial charge in [-0.25, -0.2) is 8.42 Å². The summed E-state index contributed by atoms with van der Waals surface area (Å²) < 4.78 is 26.9. The van der Waals surface area contributed by atoms with Crippen molar-refractivity contribution < 1.29 is 18.0 Å². The van der Waals surface area contributed by atoms with E-state index in [-0.39, 0.29) is 29.0 Å². The molecule has 8 nitrogen and oxygen atoms in total. The predicted molar refractivity (Wildman–Crippen MR) is 105 cm³/mol. The average molecular weight is 423 g/mol. The topological polar surface area (TPSA) is 108 Å². The number of hydrogen-bond donors (Lipinski definition) is 2. The van der Waals surface area contributed by atoms with Crippen LogP contribution in [0.4, 0.5) is 0 Å². The van der Waals surface area contributed by atoms with Crippen molar-refractivity contribution in [1.82, 2.24) is 19.9 Å². The van der Waals surface area contributed by atoms with Crippen molar-refractivity contribution in [3.8, 4) is 0 Å². The van der Waals surface area contributed by atoms with Crippen molar-refractivity contribution in [2.24, 2.45) is 0 Å². The molecule has 1 unspecified atom stereocenters. The van der Waals surface area contributed by atoms with E-state index in [1.165, 1.54) is 4.31 Å². The maximum atomic E-state index is 12.7. The van der Waals surface area contributed by atoms with Gasteiger partial charge in [0.15, 0.2) is 0 Å². The van der Waals surface area contributed by atoms with Crippen LogP contribution in [0, 0.1) is 0 Å². The van der Waals surface area contributed by atoms with E-state index in [2.05, 4.69) is 15.6 Å². The Balaban J connectivity index is 1.47. The summed E-state index contributed by atoms with van der Waals surface area (Å²) in [7, 11) is -3.66. The van der Waals surface area contributed by atoms with Crippen LogP contribution in [-0.4, -0.2) is 48.7 Å². The zero-order valence-corrected chi connectivity index (χ0v) is 16.8. The molecule has 0 saturated carbocycles. The minimum atomic E-state index is -3.66. The van der Waals surface area contributed by atoms with Crippen LogP contribution >= 0.6 is 11.3 Å². The number of aromatic nitrogens is 1. The average Bonchev–Trinajstić information content (AvgIpc) is 3.39. The fraction of sp³-hybridized carbons (Fsp3) is 0.389. The van der Waals surface area contributed by atoms with E-state index in [0.717, 1.165) is 16.9 Å². The van der Waals surface area contributed by atoms with Gasteiger partial charge in [0.25, 0.3) is 10.0 Å². The first-order chi connectivity index (χ1) is 13.5. The molecule has 10 heteroatoms. The second kappa shape index (κ2) is 9.26. The Kier molecular flexibility index (Phi) is 6.76. The standard InChI is InChI=1S/C18H22N4O4S2/c23-16(21-13-14-5-8-19-9-6-14)7-10-20-18(24)15-3-1-11-22(15)28(25,26)17-4-2-12-27-17/h2,4-6,8-9,12,15H,1,3,7,10-11,13H2,(H,20,24)(H,21,23). The fourth-order valence-electron chi connectivity index (χ4n) is 3.02. The Bertz CT molecular complexity index is 901. The molecule has 3 rings (SSSR count). The van der Waals surface area contributed by atoms with E-state index in [9.17, 15) is 18.0 Å². The summed E-state index contributed by atoms with van der Waals surface area (Å²) in [6.45, 7) is 0.875. The molecule has 0 aromatic carbocycles. The number of sulfonamides is 1. The van der Waals surface area contributed by atoms with Gasteiger partial charge in [-0.15, -0.1) is 11.3 Å². The normalized spacial score (nSPS) is 17.4. The lowest BCUT2D eigenvalue weighted by atomic mass is 10.2. The van der Waals surface area contributed by atoms with Crippen LogP contribution in [0.2, 0.25) is 0 Å². The lowest BCUT2D eigenvalue weighted by Crippen LogP contribution is -2.46. The highest BCUT2D eigenvalue weighted by Gasteiger charge is 2.39. The van der Waals surface area contributed by atoms with E-state index >= 15 is 0 Å². The zero-order valence-electron chi connectivity index (χ0n) is 15.2. The van der Waals surface area contributed by atoms with Gasteiger partial charge >= 0.3 is 0 Å². The summed E-state index contributed by atoms with van der Waals surface area (Å²) in [4.78, 5) is 28.3. The van der Waals surface area contributed by atoms with Gasteiger partial charge in [-0.05, 0) is 42.0 Å². The Labute approximate surface area is 168 Å². The molecule has 28 heavy (non-hydrogen) atoms. The van der Waals surface area contributed by atoms with E-state index in [4.69, 9.17) is 0 Å². The molecule has 0 bridgehead atoms. The van der Waals surface area contributed by atoms with Crippen LogP contribution in [0.15, 0.2) is 46.2 Å². The molecule has 3 heterocycles. The van der Waals surface area contributed by atoms with Crippen molar-refractivity contribution >= 4 is 33.2 Å². The molecule has 0 aliphatic carbocycles. The van der Waals surface area contributed by atoms with Crippen LogP contribution in [-0.2, 0) is 26.2 Å². The molecule has 1 fully saturated rings. The van der Waals surface area contributed by atoms with Crippen LogP contribution in [0.1, 0.15) is 24.8 Å². The summed E-state index contributed by atoms with van der Waals surface area (Å²) in [6, 6.07) is 6.11. The number of nitrogens with one attached hydrogen (secondary N) is 2. The van der Waals surface area contributed by atoms with Crippen molar-refractivity contribution in [2.75, 3.05) is 13.1 Å². The Morgan fingerprint density at radius 3 is 2.71 bits per heavy atom. The maximum absolute atomic E-state index is 12.7. The molecule has 2 amide bonds. The molecule has 150 valence electrons. The highest BCUT2D eigenvalue weighted by Crippen LogP contribution is 2.28. The third kappa shape index (κ3) is 4.94. The molecule has 1 atom stereocenters. The van der Waals surface area contributed by atoms with Gasteiger partial charge < -0.3 is 10.6 Å². The molecular formula is C18H22N4O4S2. The van der Waals surface area contributed by atoms with Crippen LogP contribution < -0.4 is 10.6 Å². The molecule has 2 N–H and O–H groups in total. The van der Waals surface area contributed by atoms with E-state index in [0.29, 0.717) is 25.9 Å². The fourth-order valence-corrected chi connectivity index (χ4v) is 5.80. The molecule has 1 aliphatic rings. The number of hydrogen-bond acceptors (Lipinski definition) is 6. The van der Waals surface area contributed by atoms with Crippen molar-refractivity contribution in [3.05, 3.63) is 47.6 Å². The number of nitrogens with zero attached hydrogens (tertiary/aromatic N) is 2. The quantitative estimate of drug-likeness (QED) is 0.663. The Hall–Kier alpha value is -2.30. The number of carbonyl (C=O) groups is 2. The molecule has 1 aliphatic heterocycles.